The zero-order valence-corrected chi connectivity index (χ0v) is 36.6. The largest absolute Gasteiger partial charge is 0.484 e. The second kappa shape index (κ2) is 16.4. The van der Waals surface area contributed by atoms with E-state index in [9.17, 15) is 83.7 Å². The monoisotopic (exact) mass is 984 g/mol. The van der Waals surface area contributed by atoms with Crippen LogP contribution in [0.25, 0.3) is 0 Å². The first-order chi connectivity index (χ1) is 30.7. The van der Waals surface area contributed by atoms with Gasteiger partial charge in [0.05, 0.1) is 17.3 Å². The lowest BCUT2D eigenvalue weighted by Gasteiger charge is -2.48. The number of benzene rings is 1. The van der Waals surface area contributed by atoms with Crippen molar-refractivity contribution in [3.63, 3.8) is 0 Å². The number of hydrogen-bond donors (Lipinski definition) is 6. The first-order valence-corrected chi connectivity index (χ1v) is 24.2. The minimum absolute atomic E-state index is 0.0976. The van der Waals surface area contributed by atoms with Crippen molar-refractivity contribution in [3.8, 4) is 17.2 Å². The third kappa shape index (κ3) is 8.03. The van der Waals surface area contributed by atoms with Gasteiger partial charge >= 0.3 is 17.9 Å². The minimum atomic E-state index is -4.15. The van der Waals surface area contributed by atoms with Crippen molar-refractivity contribution in [2.75, 3.05) is 37.1 Å². The van der Waals surface area contributed by atoms with Gasteiger partial charge in [-0.3, -0.25) is 43.5 Å². The van der Waals surface area contributed by atoms with Crippen molar-refractivity contribution < 1.29 is 97.9 Å². The molecular weight excluding hydrogens is 949 g/mol. The van der Waals surface area contributed by atoms with Gasteiger partial charge in [0.15, 0.2) is 65.5 Å². The SMILES string of the molecule is CC1=C(C(=O)O)N2C(=O)[C@@H](NC(=O)COc3cc(OCC(=O)N[C@@H]4C(=O)N5C(C(=O)O)=C(C)CS(=O)(=O)[C@H]45)cc(OCC(=O)N[C@@H]4C(=O)N5C(C(=O)O)=C(C)CS(=O)(=O)[C@H]45)c3)[C@H]2S(=O)(=O)C1. The molecule has 1 aromatic carbocycles. The van der Waals surface area contributed by atoms with E-state index in [-0.39, 0.29) is 34.0 Å². The summed E-state index contributed by atoms with van der Waals surface area (Å²) in [5.74, 6) is -14.1. The highest BCUT2D eigenvalue weighted by molar-refractivity contribution is 7.93. The average Bonchev–Trinajstić information content (AvgIpc) is 3.19. The summed E-state index contributed by atoms with van der Waals surface area (Å²) in [5, 5.41) is 30.0. The van der Waals surface area contributed by atoms with Crippen LogP contribution < -0.4 is 30.2 Å². The number of sulfone groups is 3. The maximum Gasteiger partial charge on any atom is 0.352 e. The highest BCUT2D eigenvalue weighted by Gasteiger charge is 2.62. The van der Waals surface area contributed by atoms with Crippen molar-refractivity contribution in [2.45, 2.75) is 55.0 Å². The molecule has 3 saturated heterocycles. The number of nitrogens with zero attached hydrogens (tertiary/aromatic N) is 3. The first-order valence-electron chi connectivity index (χ1n) is 19.0. The van der Waals surface area contributed by atoms with Gasteiger partial charge in [0, 0.05) is 18.2 Å². The molecule has 27 nitrogen and oxygen atoms in total. The molecule has 0 aromatic heterocycles. The van der Waals surface area contributed by atoms with Gasteiger partial charge in [-0.25, -0.2) is 39.6 Å². The number of β-lactam (4-membered cyclic amide) rings is 3. The van der Waals surface area contributed by atoms with E-state index in [1.54, 1.807) is 0 Å². The van der Waals surface area contributed by atoms with Gasteiger partial charge < -0.3 is 45.5 Å². The second-order valence-corrected chi connectivity index (χ2v) is 22.0. The number of nitrogens with one attached hydrogen (secondary N) is 3. The lowest BCUT2D eigenvalue weighted by atomic mass is 10.0. The number of hydrogen-bond acceptors (Lipinski definition) is 18. The standard InChI is InChI=1S/C36H36N6O21S3/c1-13-10-64(55,56)31-22(28(46)40(31)25(13)34(49)50)37-19(43)7-61-16-4-17(62-8-20(44)38-23-29(47)41-26(35(51)52)14(2)11-65(57,58)32(23)41)6-18(5-16)63-9-21(45)39-24-30(48)42-27(36(53)54)15(3)12-66(59,60)33(24)42/h4-6,22-24,31-33H,7-12H2,1-3H3,(H,37,43)(H,38,44)(H,39,45)(H,49,50)(H,51,52)(H,53,54)/t22-,23-,24-,31-,32-,33-/m1/s1. The number of ether oxygens (including phenoxy) is 3. The number of carbonyl (C=O) groups excluding carboxylic acids is 6. The quantitative estimate of drug-likeness (QED) is 0.0898. The average molecular weight is 985 g/mol. The Labute approximate surface area is 371 Å². The molecule has 6 aliphatic heterocycles. The fourth-order valence-corrected chi connectivity index (χ4v) is 14.5. The molecule has 6 atom stereocenters. The van der Waals surface area contributed by atoms with Crippen LogP contribution in [-0.2, 0) is 72.7 Å². The Hall–Kier alpha value is -7.08. The van der Waals surface area contributed by atoms with E-state index in [4.69, 9.17) is 14.2 Å². The third-order valence-electron chi connectivity index (χ3n) is 10.9. The maximum absolute atomic E-state index is 13.0. The molecule has 30 heteroatoms. The molecule has 7 rings (SSSR count). The van der Waals surface area contributed by atoms with Gasteiger partial charge in [0.1, 0.15) is 52.5 Å². The van der Waals surface area contributed by atoms with Crippen LogP contribution in [-0.4, -0.2) is 180 Å². The Bertz CT molecular complexity index is 2600. The van der Waals surface area contributed by atoms with Gasteiger partial charge in [-0.1, -0.05) is 0 Å². The smallest absolute Gasteiger partial charge is 0.352 e. The predicted octanol–water partition coefficient (Wildman–Crippen LogP) is -4.86. The lowest BCUT2D eigenvalue weighted by Crippen LogP contribution is -2.74. The minimum Gasteiger partial charge on any atom is -0.484 e. The van der Waals surface area contributed by atoms with E-state index in [0.717, 1.165) is 18.2 Å². The van der Waals surface area contributed by atoms with E-state index < -0.39 is 171 Å². The van der Waals surface area contributed by atoms with Gasteiger partial charge in [-0.05, 0) is 37.5 Å². The van der Waals surface area contributed by atoms with E-state index in [1.807, 2.05) is 0 Å². The topological polar surface area (TPSA) is 390 Å². The highest BCUT2D eigenvalue weighted by atomic mass is 32.2. The molecule has 6 aliphatic rings. The van der Waals surface area contributed by atoms with Crippen LogP contribution in [0, 0.1) is 0 Å². The first kappa shape index (κ1) is 46.9. The molecule has 6 heterocycles. The fourth-order valence-electron chi connectivity index (χ4n) is 8.34. The number of amides is 6. The van der Waals surface area contributed by atoms with Crippen molar-refractivity contribution in [1.82, 2.24) is 30.7 Å². The number of rotatable bonds is 15. The van der Waals surface area contributed by atoms with Gasteiger partial charge in [0.25, 0.3) is 35.4 Å². The van der Waals surface area contributed by atoms with Crippen LogP contribution in [0.4, 0.5) is 0 Å². The highest BCUT2D eigenvalue weighted by Crippen LogP contribution is 2.39. The molecule has 354 valence electrons. The summed E-state index contributed by atoms with van der Waals surface area (Å²) >= 11 is 0. The van der Waals surface area contributed by atoms with Crippen LogP contribution in [0.1, 0.15) is 20.8 Å². The molecule has 0 unspecified atom stereocenters. The zero-order chi connectivity index (χ0) is 48.7. The maximum atomic E-state index is 13.0. The Morgan fingerprint density at radius 2 is 0.727 bits per heavy atom. The summed E-state index contributed by atoms with van der Waals surface area (Å²) in [4.78, 5) is 115. The summed E-state index contributed by atoms with van der Waals surface area (Å²) in [6.07, 6.45) is 0. The molecule has 0 spiro atoms. The van der Waals surface area contributed by atoms with Crippen molar-refractivity contribution >= 4 is 82.9 Å². The summed E-state index contributed by atoms with van der Waals surface area (Å²) in [6.45, 7) is 0.821. The molecule has 0 aliphatic carbocycles. The van der Waals surface area contributed by atoms with Gasteiger partial charge in [-0.2, -0.15) is 0 Å². The molecule has 0 bridgehead atoms. The van der Waals surface area contributed by atoms with Crippen LogP contribution in [0.2, 0.25) is 0 Å². The van der Waals surface area contributed by atoms with Crippen LogP contribution in [0.5, 0.6) is 17.2 Å². The van der Waals surface area contributed by atoms with E-state index in [0.29, 0.717) is 14.7 Å². The second-order valence-electron chi connectivity index (χ2n) is 15.7. The molecule has 66 heavy (non-hydrogen) atoms. The number of fused-ring (bicyclic) bond motifs is 3. The summed E-state index contributed by atoms with van der Waals surface area (Å²) in [7, 11) is -12.5. The Kier molecular flexibility index (Phi) is 11.7. The van der Waals surface area contributed by atoms with E-state index in [1.165, 1.54) is 20.8 Å². The van der Waals surface area contributed by atoms with Crippen LogP contribution in [0.15, 0.2) is 52.0 Å². The molecule has 0 radical (unpaired) electrons. The Morgan fingerprint density at radius 3 is 0.939 bits per heavy atom. The number of carboxylic acids is 3. The van der Waals surface area contributed by atoms with Gasteiger partial charge in [-0.15, -0.1) is 0 Å². The molecular formula is C36H36N6O21S3. The fraction of sp³-hybridized carbons (Fsp3) is 0.417. The van der Waals surface area contributed by atoms with Crippen molar-refractivity contribution in [3.05, 3.63) is 52.0 Å². The van der Waals surface area contributed by atoms with E-state index in [2.05, 4.69) is 16.0 Å². The Morgan fingerprint density at radius 1 is 0.500 bits per heavy atom. The normalized spacial score (nSPS) is 26.6. The van der Waals surface area contributed by atoms with Crippen LogP contribution in [0.3, 0.4) is 0 Å². The predicted molar refractivity (Wildman–Crippen MR) is 213 cm³/mol. The van der Waals surface area contributed by atoms with E-state index >= 15 is 0 Å². The lowest BCUT2D eigenvalue weighted by molar-refractivity contribution is -0.151. The summed E-state index contributed by atoms with van der Waals surface area (Å²) in [5.41, 5.74) is -1.94. The summed E-state index contributed by atoms with van der Waals surface area (Å²) in [6, 6.07) is -1.91. The molecule has 6 amide bonds. The number of carboxylic acid groups (broad SMARTS) is 3. The van der Waals surface area contributed by atoms with Crippen LogP contribution >= 0.6 is 0 Å². The third-order valence-corrected chi connectivity index (χ3v) is 17.1. The molecule has 0 saturated carbocycles. The Balaban J connectivity index is 1.04. The summed E-state index contributed by atoms with van der Waals surface area (Å²) < 4.78 is 93.7. The van der Waals surface area contributed by atoms with Crippen molar-refractivity contribution in [1.29, 1.82) is 0 Å². The molecule has 6 N–H and O–H groups in total. The zero-order valence-electron chi connectivity index (χ0n) is 34.2. The van der Waals surface area contributed by atoms with Gasteiger partial charge in [0.2, 0.25) is 0 Å². The number of carbonyl (C=O) groups is 9. The van der Waals surface area contributed by atoms with Crippen molar-refractivity contribution in [2.24, 2.45) is 0 Å². The molecule has 3 fully saturated rings. The molecule has 1 aromatic rings. The number of aliphatic carboxylic acids is 3.